The van der Waals surface area contributed by atoms with Gasteiger partial charge < -0.3 is 14.3 Å². The normalized spacial score (nSPS) is 15.9. The van der Waals surface area contributed by atoms with Gasteiger partial charge in [-0.05, 0) is 43.5 Å². The molecule has 5 aromatic rings. The van der Waals surface area contributed by atoms with Gasteiger partial charge in [-0.1, -0.05) is 42.8 Å². The van der Waals surface area contributed by atoms with Crippen molar-refractivity contribution >= 4 is 49.4 Å². The molecular formula is C32H33FN4O4S. The zero-order valence-electron chi connectivity index (χ0n) is 24.1. The Kier molecular flexibility index (Phi) is 7.04. The van der Waals surface area contributed by atoms with Gasteiger partial charge in [-0.25, -0.2) is 17.8 Å². The number of hydrogen-bond acceptors (Lipinski definition) is 6. The number of carbonyl (C=O) groups excluding carboxylic acids is 1. The number of aryl methyl sites for hydroxylation is 1. The second-order valence-corrected chi connectivity index (χ2v) is 13.1. The molecule has 1 fully saturated rings. The Bertz CT molecular complexity index is 1930. The minimum atomic E-state index is -3.60. The number of hydrogen-bond donors (Lipinski definition) is 1. The van der Waals surface area contributed by atoms with Crippen molar-refractivity contribution in [2.24, 2.45) is 0 Å². The molecule has 0 unspecified atom stereocenters. The fraction of sp³-hybridized carbons (Fsp3) is 0.312. The molecule has 8 nitrogen and oxygen atoms in total. The van der Waals surface area contributed by atoms with E-state index in [4.69, 9.17) is 4.42 Å². The highest BCUT2D eigenvalue weighted by Crippen LogP contribution is 2.42. The number of ketones is 1. The molecule has 3 heterocycles. The van der Waals surface area contributed by atoms with Crippen LogP contribution in [0.2, 0.25) is 0 Å². The van der Waals surface area contributed by atoms with Crippen molar-refractivity contribution in [1.82, 2.24) is 9.97 Å². The first kappa shape index (κ1) is 28.0. The number of piperidine rings is 1. The van der Waals surface area contributed by atoms with Crippen LogP contribution in [-0.2, 0) is 10.0 Å². The summed E-state index contributed by atoms with van der Waals surface area (Å²) >= 11 is 0. The third-order valence-electron chi connectivity index (χ3n) is 8.20. The van der Waals surface area contributed by atoms with E-state index in [0.29, 0.717) is 57.9 Å². The Labute approximate surface area is 244 Å². The van der Waals surface area contributed by atoms with Gasteiger partial charge in [0.2, 0.25) is 16.0 Å². The number of aromatic amines is 1. The smallest absolute Gasteiger partial charge is 0.232 e. The van der Waals surface area contributed by atoms with Crippen molar-refractivity contribution in [3.8, 4) is 11.3 Å². The predicted molar refractivity (Wildman–Crippen MR) is 164 cm³/mol. The van der Waals surface area contributed by atoms with Crippen LogP contribution in [0.15, 0.2) is 59.0 Å². The van der Waals surface area contributed by atoms with Gasteiger partial charge in [-0.3, -0.25) is 9.10 Å². The minimum Gasteiger partial charge on any atom is -0.455 e. The highest BCUT2D eigenvalue weighted by molar-refractivity contribution is 7.92. The van der Waals surface area contributed by atoms with Crippen LogP contribution in [0.1, 0.15) is 53.6 Å². The number of sulfonamides is 1. The summed E-state index contributed by atoms with van der Waals surface area (Å²) in [5.41, 5.74) is 5.06. The number of nitrogens with zero attached hydrogens (tertiary/aromatic N) is 3. The molecule has 0 radical (unpaired) electrons. The van der Waals surface area contributed by atoms with E-state index in [1.165, 1.54) is 23.7 Å². The predicted octanol–water partition coefficient (Wildman–Crippen LogP) is 6.80. The molecule has 1 aliphatic heterocycles. The lowest BCUT2D eigenvalue weighted by Crippen LogP contribution is -2.36. The molecule has 6 rings (SSSR count). The molecule has 0 aliphatic carbocycles. The number of furan rings is 1. The van der Waals surface area contributed by atoms with Gasteiger partial charge in [0.15, 0.2) is 11.6 Å². The summed E-state index contributed by atoms with van der Waals surface area (Å²) in [5.74, 6) is 0.544. The second-order valence-electron chi connectivity index (χ2n) is 11.1. The molecular weight excluding hydrogens is 555 g/mol. The Morgan fingerprint density at radius 1 is 1.19 bits per heavy atom. The SMILES string of the molecule is CCC(=O)c1c(-c2ccc(C)cc2)oc2cc(N(C)S(C)(=O)=O)c([C@@H]3CCCN(c4nc5c(F)cccc5[nH]4)C3)cc12. The molecule has 0 bridgehead atoms. The van der Waals surface area contributed by atoms with Crippen molar-refractivity contribution in [2.45, 2.75) is 39.0 Å². The molecule has 10 heteroatoms. The summed E-state index contributed by atoms with van der Waals surface area (Å²) in [5, 5.41) is 0.668. The minimum absolute atomic E-state index is 0.0472. The van der Waals surface area contributed by atoms with Crippen LogP contribution >= 0.6 is 0 Å². The second kappa shape index (κ2) is 10.6. The zero-order chi connectivity index (χ0) is 29.8. The van der Waals surface area contributed by atoms with Crippen LogP contribution in [0.25, 0.3) is 33.3 Å². The quantitative estimate of drug-likeness (QED) is 0.210. The molecule has 0 amide bonds. The summed E-state index contributed by atoms with van der Waals surface area (Å²) in [6.07, 6.45) is 3.10. The van der Waals surface area contributed by atoms with Crippen LogP contribution in [0.4, 0.5) is 16.0 Å². The Morgan fingerprint density at radius 2 is 1.95 bits per heavy atom. The van der Waals surface area contributed by atoms with Gasteiger partial charge in [0.25, 0.3) is 0 Å². The summed E-state index contributed by atoms with van der Waals surface area (Å²) in [6, 6.07) is 16.3. The zero-order valence-corrected chi connectivity index (χ0v) is 24.9. The number of anilines is 2. The van der Waals surface area contributed by atoms with Crippen molar-refractivity contribution in [3.05, 3.63) is 77.1 Å². The van der Waals surface area contributed by atoms with Crippen molar-refractivity contribution in [1.29, 1.82) is 0 Å². The number of H-pyrrole nitrogens is 1. The number of Topliss-reactive ketones (excluding diaryl/α,β-unsaturated/α-hetero) is 1. The van der Waals surface area contributed by atoms with Crippen molar-refractivity contribution in [2.75, 3.05) is 35.6 Å². The van der Waals surface area contributed by atoms with Crippen molar-refractivity contribution < 1.29 is 22.0 Å². The fourth-order valence-corrected chi connectivity index (χ4v) is 6.36. The van der Waals surface area contributed by atoms with E-state index in [1.807, 2.05) is 44.2 Å². The Balaban J connectivity index is 1.50. The summed E-state index contributed by atoms with van der Waals surface area (Å²) in [6.45, 7) is 5.08. The van der Waals surface area contributed by atoms with Crippen molar-refractivity contribution in [3.63, 3.8) is 0 Å². The number of aromatic nitrogens is 2. The summed E-state index contributed by atoms with van der Waals surface area (Å²) in [7, 11) is -2.07. The Hall–Kier alpha value is -4.18. The first-order valence-corrected chi connectivity index (χ1v) is 15.9. The first-order valence-electron chi connectivity index (χ1n) is 14.1. The largest absolute Gasteiger partial charge is 0.455 e. The van der Waals surface area contributed by atoms with E-state index in [2.05, 4.69) is 14.9 Å². The van der Waals surface area contributed by atoms with E-state index in [0.717, 1.165) is 36.1 Å². The molecule has 2 aromatic heterocycles. The molecule has 3 aromatic carbocycles. The van der Waals surface area contributed by atoms with Gasteiger partial charge in [0.05, 0.1) is 23.0 Å². The fourth-order valence-electron chi connectivity index (χ4n) is 5.85. The third-order valence-corrected chi connectivity index (χ3v) is 9.39. The van der Waals surface area contributed by atoms with Gasteiger partial charge in [0, 0.05) is 49.5 Å². The molecule has 1 N–H and O–H groups in total. The van der Waals surface area contributed by atoms with Gasteiger partial charge in [-0.15, -0.1) is 0 Å². The van der Waals surface area contributed by atoms with E-state index >= 15 is 0 Å². The topological polar surface area (TPSA) is 99.5 Å². The number of carbonyl (C=O) groups is 1. The van der Waals surface area contributed by atoms with Crippen LogP contribution in [0.5, 0.6) is 0 Å². The van der Waals surface area contributed by atoms with Crippen LogP contribution in [-0.4, -0.2) is 50.6 Å². The maximum atomic E-state index is 14.4. The number of benzene rings is 3. The third kappa shape index (κ3) is 4.93. The molecule has 1 aliphatic rings. The van der Waals surface area contributed by atoms with E-state index in [9.17, 15) is 17.6 Å². The molecule has 1 saturated heterocycles. The van der Waals surface area contributed by atoms with E-state index in [-0.39, 0.29) is 17.5 Å². The molecule has 42 heavy (non-hydrogen) atoms. The number of imidazole rings is 1. The monoisotopic (exact) mass is 588 g/mol. The van der Waals surface area contributed by atoms with Crippen LogP contribution < -0.4 is 9.21 Å². The van der Waals surface area contributed by atoms with Crippen LogP contribution in [0, 0.1) is 12.7 Å². The number of para-hydroxylation sites is 1. The van der Waals surface area contributed by atoms with Crippen LogP contribution in [0.3, 0.4) is 0 Å². The summed E-state index contributed by atoms with van der Waals surface area (Å²) < 4.78 is 47.5. The average molecular weight is 589 g/mol. The first-order chi connectivity index (χ1) is 20.0. The maximum absolute atomic E-state index is 14.4. The lowest BCUT2D eigenvalue weighted by atomic mass is 9.88. The van der Waals surface area contributed by atoms with Gasteiger partial charge in [0.1, 0.15) is 16.9 Å². The van der Waals surface area contributed by atoms with Gasteiger partial charge in [-0.2, -0.15) is 0 Å². The molecule has 1 atom stereocenters. The molecule has 0 spiro atoms. The number of rotatable bonds is 7. The average Bonchev–Trinajstić information content (AvgIpc) is 3.58. The maximum Gasteiger partial charge on any atom is 0.232 e. The highest BCUT2D eigenvalue weighted by Gasteiger charge is 2.31. The van der Waals surface area contributed by atoms with E-state index < -0.39 is 10.0 Å². The summed E-state index contributed by atoms with van der Waals surface area (Å²) in [4.78, 5) is 23.2. The lowest BCUT2D eigenvalue weighted by molar-refractivity contribution is 0.0989. The number of halogens is 1. The molecule has 0 saturated carbocycles. The molecule has 218 valence electrons. The number of nitrogens with one attached hydrogen (secondary N) is 1. The number of fused-ring (bicyclic) bond motifs is 2. The Morgan fingerprint density at radius 3 is 2.64 bits per heavy atom. The standard InChI is InChI=1S/C32H33FN4O4S/c1-5-27(38)29-23-16-22(21-8-7-15-37(18-21)32-34-25-10-6-9-24(33)30(25)35-32)26(36(3)42(4,39)40)17-28(23)41-31(29)20-13-11-19(2)12-14-20/h6,9-14,16-17,21H,5,7-8,15,18H2,1-4H3,(H,34,35)/t21-/m1/s1. The van der Waals surface area contributed by atoms with Gasteiger partial charge >= 0.3 is 0 Å². The van der Waals surface area contributed by atoms with E-state index in [1.54, 1.807) is 18.2 Å². The highest BCUT2D eigenvalue weighted by atomic mass is 32.2. The lowest BCUT2D eigenvalue weighted by Gasteiger charge is -2.34.